The van der Waals surface area contributed by atoms with Crippen LogP contribution in [0.25, 0.3) is 0 Å². The Bertz CT molecular complexity index is 558. The van der Waals surface area contributed by atoms with Crippen molar-refractivity contribution >= 4 is 46.5 Å². The fourth-order valence-corrected chi connectivity index (χ4v) is 2.07. The highest BCUT2D eigenvalue weighted by molar-refractivity contribution is 6.42. The molecule has 108 valence electrons. The number of esters is 1. The molecule has 0 radical (unpaired) electrons. The van der Waals surface area contributed by atoms with Crippen molar-refractivity contribution in [1.29, 1.82) is 0 Å². The van der Waals surface area contributed by atoms with Crippen LogP contribution in [0, 0.1) is 0 Å². The molecule has 0 aliphatic rings. The van der Waals surface area contributed by atoms with E-state index >= 15 is 0 Å². The second-order valence-electron chi connectivity index (χ2n) is 3.87. The Kier molecular flexibility index (Phi) is 5.98. The molecule has 0 heterocycles. The summed E-state index contributed by atoms with van der Waals surface area (Å²) < 4.78 is 4.69. The maximum atomic E-state index is 12.0. The van der Waals surface area contributed by atoms with E-state index in [1.54, 1.807) is 6.92 Å². The first-order valence-electron chi connectivity index (χ1n) is 5.81. The summed E-state index contributed by atoms with van der Waals surface area (Å²) >= 11 is 11.9. The molecule has 0 saturated heterocycles. The summed E-state index contributed by atoms with van der Waals surface area (Å²) in [6.45, 7) is 3.13. The van der Waals surface area contributed by atoms with Crippen molar-refractivity contribution < 1.29 is 19.1 Å². The lowest BCUT2D eigenvalue weighted by molar-refractivity contribution is -0.142. The Morgan fingerprint density at radius 3 is 2.45 bits per heavy atom. The van der Waals surface area contributed by atoms with E-state index in [-0.39, 0.29) is 33.8 Å². The van der Waals surface area contributed by atoms with Gasteiger partial charge in [-0.1, -0.05) is 23.2 Å². The zero-order chi connectivity index (χ0) is 15.3. The van der Waals surface area contributed by atoms with Crippen LogP contribution >= 0.6 is 23.2 Å². The van der Waals surface area contributed by atoms with Gasteiger partial charge in [-0.25, -0.2) is 0 Å². The van der Waals surface area contributed by atoms with Crippen LogP contribution in [0.4, 0.5) is 5.69 Å². The largest absolute Gasteiger partial charge is 0.466 e. The summed E-state index contributed by atoms with van der Waals surface area (Å²) in [6, 6.07) is 2.83. The molecular formula is C13H13Cl2NO4. The first-order valence-corrected chi connectivity index (χ1v) is 6.56. The third-order valence-corrected chi connectivity index (χ3v) is 3.01. The SMILES string of the molecule is CCOC(=O)CC(=O)c1ccc(Cl)c(NC(C)=O)c1Cl. The van der Waals surface area contributed by atoms with E-state index in [0.717, 1.165) is 0 Å². The van der Waals surface area contributed by atoms with Gasteiger partial charge < -0.3 is 10.1 Å². The van der Waals surface area contributed by atoms with Gasteiger partial charge in [0.1, 0.15) is 6.42 Å². The summed E-state index contributed by atoms with van der Waals surface area (Å²) in [4.78, 5) is 34.3. The predicted molar refractivity (Wildman–Crippen MR) is 76.3 cm³/mol. The van der Waals surface area contributed by atoms with Crippen LogP contribution in [-0.2, 0) is 14.3 Å². The summed E-state index contributed by atoms with van der Waals surface area (Å²) in [5, 5.41) is 2.65. The molecule has 1 aromatic rings. The Morgan fingerprint density at radius 2 is 1.90 bits per heavy atom. The van der Waals surface area contributed by atoms with Gasteiger partial charge in [-0.05, 0) is 19.1 Å². The molecule has 5 nitrogen and oxygen atoms in total. The van der Waals surface area contributed by atoms with Crippen LogP contribution in [0.15, 0.2) is 12.1 Å². The van der Waals surface area contributed by atoms with E-state index in [4.69, 9.17) is 27.9 Å². The average molecular weight is 318 g/mol. The molecule has 0 spiro atoms. The molecule has 1 N–H and O–H groups in total. The molecular weight excluding hydrogens is 305 g/mol. The Morgan fingerprint density at radius 1 is 1.25 bits per heavy atom. The smallest absolute Gasteiger partial charge is 0.313 e. The molecule has 1 rings (SSSR count). The molecule has 0 fully saturated rings. The zero-order valence-electron chi connectivity index (χ0n) is 11.0. The van der Waals surface area contributed by atoms with E-state index in [1.807, 2.05) is 0 Å². The second kappa shape index (κ2) is 7.26. The van der Waals surface area contributed by atoms with Gasteiger partial charge in [-0.2, -0.15) is 0 Å². The highest BCUT2D eigenvalue weighted by Gasteiger charge is 2.19. The second-order valence-corrected chi connectivity index (χ2v) is 4.66. The number of benzene rings is 1. The number of rotatable bonds is 5. The van der Waals surface area contributed by atoms with Gasteiger partial charge >= 0.3 is 5.97 Å². The van der Waals surface area contributed by atoms with Crippen LogP contribution in [-0.4, -0.2) is 24.3 Å². The third-order valence-electron chi connectivity index (χ3n) is 2.30. The van der Waals surface area contributed by atoms with Crippen molar-refractivity contribution in [2.45, 2.75) is 20.3 Å². The minimum Gasteiger partial charge on any atom is -0.466 e. The Labute approximate surface area is 126 Å². The lowest BCUT2D eigenvalue weighted by atomic mass is 10.1. The van der Waals surface area contributed by atoms with Crippen LogP contribution in [0.5, 0.6) is 0 Å². The Balaban J connectivity index is 3.04. The average Bonchev–Trinajstić information content (AvgIpc) is 2.34. The van der Waals surface area contributed by atoms with Crippen LogP contribution < -0.4 is 5.32 Å². The number of hydrogen-bond acceptors (Lipinski definition) is 4. The monoisotopic (exact) mass is 317 g/mol. The highest BCUT2D eigenvalue weighted by Crippen LogP contribution is 2.33. The van der Waals surface area contributed by atoms with Gasteiger partial charge in [0.25, 0.3) is 0 Å². The number of ether oxygens (including phenoxy) is 1. The number of anilines is 1. The van der Waals surface area contributed by atoms with Gasteiger partial charge in [0.2, 0.25) is 5.91 Å². The molecule has 0 aliphatic heterocycles. The van der Waals surface area contributed by atoms with Gasteiger partial charge in [-0.3, -0.25) is 14.4 Å². The quantitative estimate of drug-likeness (QED) is 0.514. The summed E-state index contributed by atoms with van der Waals surface area (Å²) in [5.74, 6) is -1.51. The number of halogens is 2. The molecule has 1 amide bonds. The summed E-state index contributed by atoms with van der Waals surface area (Å²) in [5.41, 5.74) is 0.253. The summed E-state index contributed by atoms with van der Waals surface area (Å²) in [6.07, 6.45) is -0.422. The fourth-order valence-electron chi connectivity index (χ4n) is 1.50. The zero-order valence-corrected chi connectivity index (χ0v) is 12.5. The number of nitrogens with one attached hydrogen (secondary N) is 1. The van der Waals surface area contributed by atoms with Crippen LogP contribution in [0.3, 0.4) is 0 Å². The van der Waals surface area contributed by atoms with Crippen molar-refractivity contribution in [2.24, 2.45) is 0 Å². The molecule has 0 unspecified atom stereocenters. The maximum Gasteiger partial charge on any atom is 0.313 e. The van der Waals surface area contributed by atoms with E-state index < -0.39 is 18.2 Å². The fraction of sp³-hybridized carbons (Fsp3) is 0.308. The van der Waals surface area contributed by atoms with Crippen LogP contribution in [0.1, 0.15) is 30.6 Å². The molecule has 1 aromatic carbocycles. The van der Waals surface area contributed by atoms with Gasteiger partial charge in [0.05, 0.1) is 22.3 Å². The van der Waals surface area contributed by atoms with E-state index in [0.29, 0.717) is 0 Å². The van der Waals surface area contributed by atoms with Crippen molar-refractivity contribution in [1.82, 2.24) is 0 Å². The van der Waals surface area contributed by atoms with Crippen molar-refractivity contribution in [2.75, 3.05) is 11.9 Å². The first kappa shape index (κ1) is 16.5. The number of hydrogen-bond donors (Lipinski definition) is 1. The topological polar surface area (TPSA) is 72.5 Å². The maximum absolute atomic E-state index is 12.0. The normalized spacial score (nSPS) is 10.0. The number of carbonyl (C=O) groups is 3. The van der Waals surface area contributed by atoms with Crippen molar-refractivity contribution in [3.8, 4) is 0 Å². The highest BCUT2D eigenvalue weighted by atomic mass is 35.5. The molecule has 0 bridgehead atoms. The number of amides is 1. The molecule has 20 heavy (non-hydrogen) atoms. The number of Topliss-reactive ketones (excluding diaryl/α,β-unsaturated/α-hetero) is 1. The van der Waals surface area contributed by atoms with Gasteiger partial charge in [0.15, 0.2) is 5.78 Å². The van der Waals surface area contributed by atoms with Gasteiger partial charge in [-0.15, -0.1) is 0 Å². The van der Waals surface area contributed by atoms with Crippen molar-refractivity contribution in [3.05, 3.63) is 27.7 Å². The summed E-state index contributed by atoms with van der Waals surface area (Å²) in [7, 11) is 0. The minimum absolute atomic E-state index is 0.00185. The van der Waals surface area contributed by atoms with E-state index in [9.17, 15) is 14.4 Å². The Hall–Kier alpha value is -1.59. The molecule has 7 heteroatoms. The molecule has 0 saturated carbocycles. The van der Waals surface area contributed by atoms with Crippen LogP contribution in [0.2, 0.25) is 10.0 Å². The number of carbonyl (C=O) groups excluding carboxylic acids is 3. The van der Waals surface area contributed by atoms with Gasteiger partial charge in [0, 0.05) is 12.5 Å². The lowest BCUT2D eigenvalue weighted by Gasteiger charge is -2.11. The van der Waals surface area contributed by atoms with Crippen molar-refractivity contribution in [3.63, 3.8) is 0 Å². The van der Waals surface area contributed by atoms with E-state index in [1.165, 1.54) is 19.1 Å². The first-order chi connectivity index (χ1) is 9.36. The molecule has 0 aromatic heterocycles. The minimum atomic E-state index is -0.635. The molecule has 0 atom stereocenters. The predicted octanol–water partition coefficient (Wildman–Crippen LogP) is 3.09. The lowest BCUT2D eigenvalue weighted by Crippen LogP contribution is -2.13. The third kappa shape index (κ3) is 4.21. The molecule has 0 aliphatic carbocycles. The van der Waals surface area contributed by atoms with E-state index in [2.05, 4.69) is 5.32 Å². The number of ketones is 1. The standard InChI is InChI=1S/C13H13Cl2NO4/c1-3-20-11(19)6-10(18)8-4-5-9(14)13(12(8)15)16-7(2)17/h4-5H,3,6H2,1-2H3,(H,16,17).